The van der Waals surface area contributed by atoms with Crippen molar-refractivity contribution in [2.45, 2.75) is 20.0 Å². The number of rotatable bonds is 6. The van der Waals surface area contributed by atoms with E-state index >= 15 is 0 Å². The van der Waals surface area contributed by atoms with E-state index in [0.717, 1.165) is 52.5 Å². The van der Waals surface area contributed by atoms with Crippen molar-refractivity contribution >= 4 is 10.9 Å². The lowest BCUT2D eigenvalue weighted by molar-refractivity contribution is 0.0365. The fraction of sp³-hybridized carbons (Fsp3) is 0.529. The van der Waals surface area contributed by atoms with Crippen molar-refractivity contribution in [2.75, 3.05) is 39.4 Å². The van der Waals surface area contributed by atoms with Crippen LogP contribution in [0, 0.1) is 0 Å². The second-order valence-corrected chi connectivity index (χ2v) is 5.60. The highest BCUT2D eigenvalue weighted by Gasteiger charge is 2.12. The zero-order chi connectivity index (χ0) is 14.5. The average Bonchev–Trinajstić information content (AvgIpc) is 2.90. The van der Waals surface area contributed by atoms with Crippen LogP contribution in [0.25, 0.3) is 10.9 Å². The molecule has 1 fully saturated rings. The summed E-state index contributed by atoms with van der Waals surface area (Å²) >= 11 is 0. The van der Waals surface area contributed by atoms with E-state index < -0.39 is 0 Å². The van der Waals surface area contributed by atoms with Crippen LogP contribution in [0.2, 0.25) is 0 Å². The maximum Gasteiger partial charge on any atom is 0.0594 e. The predicted octanol–water partition coefficient (Wildman–Crippen LogP) is 2.08. The lowest BCUT2D eigenvalue weighted by Gasteiger charge is -2.26. The summed E-state index contributed by atoms with van der Waals surface area (Å²) < 4.78 is 7.81. The van der Waals surface area contributed by atoms with Gasteiger partial charge in [0.2, 0.25) is 0 Å². The molecule has 0 radical (unpaired) electrons. The smallest absolute Gasteiger partial charge is 0.0594 e. The minimum Gasteiger partial charge on any atom is -0.379 e. The van der Waals surface area contributed by atoms with Crippen LogP contribution >= 0.6 is 0 Å². The van der Waals surface area contributed by atoms with E-state index in [2.05, 4.69) is 52.2 Å². The monoisotopic (exact) mass is 287 g/mol. The van der Waals surface area contributed by atoms with Crippen LogP contribution in [-0.4, -0.2) is 48.9 Å². The number of hydrogen-bond acceptors (Lipinski definition) is 3. The summed E-state index contributed by atoms with van der Waals surface area (Å²) in [5, 5.41) is 4.81. The van der Waals surface area contributed by atoms with E-state index in [1.165, 1.54) is 16.5 Å². The molecule has 1 aliphatic rings. The lowest BCUT2D eigenvalue weighted by Crippen LogP contribution is -2.38. The summed E-state index contributed by atoms with van der Waals surface area (Å²) in [5.41, 5.74) is 2.74. The van der Waals surface area contributed by atoms with Crippen molar-refractivity contribution in [3.63, 3.8) is 0 Å². The SMILES string of the molecule is CCNCc1cn(CCN2CCOCC2)c2ccccc12. The topological polar surface area (TPSA) is 29.4 Å². The van der Waals surface area contributed by atoms with E-state index in [0.29, 0.717) is 0 Å². The summed E-state index contributed by atoms with van der Waals surface area (Å²) in [7, 11) is 0. The molecule has 1 aromatic heterocycles. The van der Waals surface area contributed by atoms with Gasteiger partial charge in [-0.15, -0.1) is 0 Å². The van der Waals surface area contributed by atoms with Gasteiger partial charge in [0, 0.05) is 49.8 Å². The molecule has 2 heterocycles. The van der Waals surface area contributed by atoms with Gasteiger partial charge in [-0.2, -0.15) is 0 Å². The summed E-state index contributed by atoms with van der Waals surface area (Å²) in [6.45, 7) is 10.1. The second kappa shape index (κ2) is 7.07. The first-order valence-electron chi connectivity index (χ1n) is 7.96. The van der Waals surface area contributed by atoms with Crippen LogP contribution in [0.15, 0.2) is 30.5 Å². The van der Waals surface area contributed by atoms with Crippen LogP contribution in [0.4, 0.5) is 0 Å². The number of hydrogen-bond donors (Lipinski definition) is 1. The Morgan fingerprint density at radius 1 is 1.14 bits per heavy atom. The molecule has 0 spiro atoms. The van der Waals surface area contributed by atoms with Crippen molar-refractivity contribution in [1.29, 1.82) is 0 Å². The van der Waals surface area contributed by atoms with E-state index in [1.807, 2.05) is 0 Å². The molecule has 1 saturated heterocycles. The second-order valence-electron chi connectivity index (χ2n) is 5.60. The summed E-state index contributed by atoms with van der Waals surface area (Å²) in [5.74, 6) is 0. The highest BCUT2D eigenvalue weighted by molar-refractivity contribution is 5.83. The molecule has 1 N–H and O–H groups in total. The highest BCUT2D eigenvalue weighted by Crippen LogP contribution is 2.21. The number of para-hydroxylation sites is 1. The van der Waals surface area contributed by atoms with Gasteiger partial charge in [0.05, 0.1) is 13.2 Å². The summed E-state index contributed by atoms with van der Waals surface area (Å²) in [6, 6.07) is 8.71. The fourth-order valence-corrected chi connectivity index (χ4v) is 2.98. The van der Waals surface area contributed by atoms with E-state index in [1.54, 1.807) is 0 Å². The number of nitrogens with zero attached hydrogens (tertiary/aromatic N) is 2. The minimum absolute atomic E-state index is 0.873. The van der Waals surface area contributed by atoms with E-state index in [4.69, 9.17) is 4.74 Å². The molecule has 0 unspecified atom stereocenters. The van der Waals surface area contributed by atoms with Gasteiger partial charge in [-0.3, -0.25) is 4.90 Å². The molecule has 4 nitrogen and oxygen atoms in total. The largest absolute Gasteiger partial charge is 0.379 e. The third-order valence-corrected chi connectivity index (χ3v) is 4.20. The Labute approximate surface area is 126 Å². The quantitative estimate of drug-likeness (QED) is 0.882. The van der Waals surface area contributed by atoms with Gasteiger partial charge in [-0.25, -0.2) is 0 Å². The van der Waals surface area contributed by atoms with Crippen LogP contribution in [0.3, 0.4) is 0 Å². The Hall–Kier alpha value is -1.36. The molecule has 1 aromatic carbocycles. The number of ether oxygens (including phenoxy) is 1. The molecule has 4 heteroatoms. The average molecular weight is 287 g/mol. The normalized spacial score (nSPS) is 16.6. The highest BCUT2D eigenvalue weighted by atomic mass is 16.5. The third kappa shape index (κ3) is 3.46. The van der Waals surface area contributed by atoms with E-state index in [9.17, 15) is 0 Å². The molecule has 2 aromatic rings. The van der Waals surface area contributed by atoms with Gasteiger partial charge >= 0.3 is 0 Å². The first-order valence-corrected chi connectivity index (χ1v) is 7.96. The van der Waals surface area contributed by atoms with Crippen molar-refractivity contribution in [2.24, 2.45) is 0 Å². The fourth-order valence-electron chi connectivity index (χ4n) is 2.98. The van der Waals surface area contributed by atoms with Gasteiger partial charge in [-0.1, -0.05) is 25.1 Å². The van der Waals surface area contributed by atoms with Crippen LogP contribution in [-0.2, 0) is 17.8 Å². The standard InChI is InChI=1S/C17H25N3O/c1-2-18-13-15-14-20(17-6-4-3-5-16(15)17)8-7-19-9-11-21-12-10-19/h3-6,14,18H,2,7-13H2,1H3. The third-order valence-electron chi connectivity index (χ3n) is 4.20. The first kappa shape index (κ1) is 14.6. The molecule has 0 bridgehead atoms. The number of nitrogens with one attached hydrogen (secondary N) is 1. The predicted molar refractivity (Wildman–Crippen MR) is 86.6 cm³/mol. The molecule has 0 aliphatic carbocycles. The van der Waals surface area contributed by atoms with Crippen molar-refractivity contribution in [3.05, 3.63) is 36.0 Å². The van der Waals surface area contributed by atoms with Crippen LogP contribution < -0.4 is 5.32 Å². The number of benzene rings is 1. The van der Waals surface area contributed by atoms with Gasteiger partial charge in [0.1, 0.15) is 0 Å². The van der Waals surface area contributed by atoms with Gasteiger partial charge in [0.15, 0.2) is 0 Å². The van der Waals surface area contributed by atoms with Gasteiger partial charge in [0.25, 0.3) is 0 Å². The molecule has 21 heavy (non-hydrogen) atoms. The molecule has 3 rings (SSSR count). The summed E-state index contributed by atoms with van der Waals surface area (Å²) in [4.78, 5) is 2.49. The van der Waals surface area contributed by atoms with Crippen LogP contribution in [0.1, 0.15) is 12.5 Å². The Morgan fingerprint density at radius 3 is 2.76 bits per heavy atom. The zero-order valence-electron chi connectivity index (χ0n) is 12.8. The maximum absolute atomic E-state index is 5.41. The number of aromatic nitrogens is 1. The van der Waals surface area contributed by atoms with Crippen molar-refractivity contribution in [3.8, 4) is 0 Å². The van der Waals surface area contributed by atoms with Crippen molar-refractivity contribution < 1.29 is 4.74 Å². The molecule has 0 atom stereocenters. The lowest BCUT2D eigenvalue weighted by atomic mass is 10.2. The Bertz CT molecular complexity index is 572. The molecular formula is C17H25N3O. The minimum atomic E-state index is 0.873. The zero-order valence-corrected chi connectivity index (χ0v) is 12.8. The Morgan fingerprint density at radius 2 is 1.95 bits per heavy atom. The Balaban J connectivity index is 1.74. The maximum atomic E-state index is 5.41. The Kier molecular flexibility index (Phi) is 4.91. The molecule has 1 aliphatic heterocycles. The van der Waals surface area contributed by atoms with Gasteiger partial charge in [-0.05, 0) is 18.2 Å². The number of morpholine rings is 1. The van der Waals surface area contributed by atoms with Crippen LogP contribution in [0.5, 0.6) is 0 Å². The molecular weight excluding hydrogens is 262 g/mol. The number of fused-ring (bicyclic) bond motifs is 1. The first-order chi connectivity index (χ1) is 10.4. The van der Waals surface area contributed by atoms with E-state index in [-0.39, 0.29) is 0 Å². The van der Waals surface area contributed by atoms with Crippen molar-refractivity contribution in [1.82, 2.24) is 14.8 Å². The molecule has 114 valence electrons. The van der Waals surface area contributed by atoms with Gasteiger partial charge < -0.3 is 14.6 Å². The summed E-state index contributed by atoms with van der Waals surface area (Å²) in [6.07, 6.45) is 2.31. The molecule has 0 amide bonds. The molecule has 0 saturated carbocycles.